The standard InChI is InChI=1S/C16H8F3N3/c17-16(18,19)14-9-10-20-15(22-14)8-7-12-6-5-11-3-1-2-4-13(11)21-12/h1-6,9-10H. The molecule has 22 heavy (non-hydrogen) atoms. The van der Waals surface area contributed by atoms with Gasteiger partial charge in [0, 0.05) is 11.6 Å². The van der Waals surface area contributed by atoms with Gasteiger partial charge in [-0.2, -0.15) is 13.2 Å². The van der Waals surface area contributed by atoms with E-state index in [0.717, 1.165) is 23.2 Å². The molecule has 0 aliphatic rings. The molecular weight excluding hydrogens is 291 g/mol. The van der Waals surface area contributed by atoms with Crippen molar-refractivity contribution in [3.05, 3.63) is 65.9 Å². The van der Waals surface area contributed by atoms with E-state index in [1.165, 1.54) is 0 Å². The maximum atomic E-state index is 12.6. The summed E-state index contributed by atoms with van der Waals surface area (Å²) in [7, 11) is 0. The summed E-state index contributed by atoms with van der Waals surface area (Å²) in [6.07, 6.45) is -3.48. The maximum Gasteiger partial charge on any atom is 0.433 e. The minimum atomic E-state index is -4.51. The number of fused-ring (bicyclic) bond motifs is 1. The number of nitrogens with zero attached hydrogens (tertiary/aromatic N) is 3. The fraction of sp³-hybridized carbons (Fsp3) is 0.0625. The van der Waals surface area contributed by atoms with E-state index in [2.05, 4.69) is 26.8 Å². The quantitative estimate of drug-likeness (QED) is 0.597. The number of hydrogen-bond acceptors (Lipinski definition) is 3. The molecule has 0 amide bonds. The normalized spacial score (nSPS) is 11.0. The lowest BCUT2D eigenvalue weighted by molar-refractivity contribution is -0.141. The highest BCUT2D eigenvalue weighted by atomic mass is 19.4. The number of hydrogen-bond donors (Lipinski definition) is 0. The lowest BCUT2D eigenvalue weighted by Crippen LogP contribution is -2.09. The minimum Gasteiger partial charge on any atom is -0.239 e. The molecule has 2 heterocycles. The van der Waals surface area contributed by atoms with E-state index in [4.69, 9.17) is 0 Å². The Morgan fingerprint density at radius 2 is 1.68 bits per heavy atom. The van der Waals surface area contributed by atoms with Crippen LogP contribution in [0.1, 0.15) is 17.2 Å². The van der Waals surface area contributed by atoms with Gasteiger partial charge < -0.3 is 0 Å². The number of rotatable bonds is 0. The molecule has 0 spiro atoms. The first-order valence-corrected chi connectivity index (χ1v) is 6.30. The Morgan fingerprint density at radius 1 is 0.864 bits per heavy atom. The van der Waals surface area contributed by atoms with E-state index in [1.54, 1.807) is 6.07 Å². The second kappa shape index (κ2) is 5.45. The van der Waals surface area contributed by atoms with Gasteiger partial charge in [0.15, 0.2) is 0 Å². The molecule has 0 fully saturated rings. The summed E-state index contributed by atoms with van der Waals surface area (Å²) >= 11 is 0. The van der Waals surface area contributed by atoms with Gasteiger partial charge in [0.25, 0.3) is 0 Å². The van der Waals surface area contributed by atoms with Gasteiger partial charge in [-0.05, 0) is 30.0 Å². The van der Waals surface area contributed by atoms with Crippen LogP contribution in [0.4, 0.5) is 13.2 Å². The molecule has 3 aromatic rings. The topological polar surface area (TPSA) is 38.7 Å². The highest BCUT2D eigenvalue weighted by molar-refractivity contribution is 5.78. The van der Waals surface area contributed by atoms with Gasteiger partial charge in [-0.25, -0.2) is 15.0 Å². The predicted molar refractivity (Wildman–Crippen MR) is 74.8 cm³/mol. The Kier molecular flexibility index (Phi) is 3.47. The lowest BCUT2D eigenvalue weighted by atomic mass is 10.2. The Labute approximate surface area is 123 Å². The fourth-order valence-electron chi connectivity index (χ4n) is 1.83. The summed E-state index contributed by atoms with van der Waals surface area (Å²) in [5.74, 6) is 4.99. The number of pyridine rings is 1. The molecule has 108 valence electrons. The maximum absolute atomic E-state index is 12.6. The van der Waals surface area contributed by atoms with Crippen LogP contribution >= 0.6 is 0 Å². The third-order valence-corrected chi connectivity index (χ3v) is 2.85. The molecule has 0 aliphatic heterocycles. The van der Waals surface area contributed by atoms with Crippen molar-refractivity contribution in [2.75, 3.05) is 0 Å². The van der Waals surface area contributed by atoms with E-state index in [0.29, 0.717) is 5.69 Å². The zero-order valence-corrected chi connectivity index (χ0v) is 11.1. The Bertz CT molecular complexity index is 892. The van der Waals surface area contributed by atoms with Crippen molar-refractivity contribution in [1.82, 2.24) is 15.0 Å². The molecule has 6 heteroatoms. The van der Waals surface area contributed by atoms with E-state index < -0.39 is 11.9 Å². The molecule has 0 bridgehead atoms. The number of benzene rings is 1. The first-order valence-electron chi connectivity index (χ1n) is 6.30. The summed E-state index contributed by atoms with van der Waals surface area (Å²) in [6, 6.07) is 11.8. The molecule has 0 unspecified atom stereocenters. The van der Waals surface area contributed by atoms with Crippen LogP contribution < -0.4 is 0 Å². The summed E-state index contributed by atoms with van der Waals surface area (Å²) in [5.41, 5.74) is 0.192. The van der Waals surface area contributed by atoms with Crippen LogP contribution in [0, 0.1) is 11.8 Å². The Hall–Kier alpha value is -2.94. The number of halogens is 3. The molecule has 0 aliphatic carbocycles. The predicted octanol–water partition coefficient (Wildman–Crippen LogP) is 3.44. The van der Waals surface area contributed by atoms with Gasteiger partial charge in [-0.3, -0.25) is 0 Å². The second-order valence-electron chi connectivity index (χ2n) is 4.40. The summed E-state index contributed by atoms with van der Waals surface area (Å²) in [5, 5.41) is 0.961. The lowest BCUT2D eigenvalue weighted by Gasteiger charge is -2.03. The Morgan fingerprint density at radius 3 is 2.50 bits per heavy atom. The van der Waals surface area contributed by atoms with Gasteiger partial charge in [0.2, 0.25) is 5.82 Å². The van der Waals surface area contributed by atoms with Crippen LogP contribution in [-0.2, 0) is 6.18 Å². The molecule has 3 nitrogen and oxygen atoms in total. The van der Waals surface area contributed by atoms with Gasteiger partial charge in [-0.1, -0.05) is 24.3 Å². The van der Waals surface area contributed by atoms with Crippen molar-refractivity contribution in [1.29, 1.82) is 0 Å². The monoisotopic (exact) mass is 299 g/mol. The molecule has 2 aromatic heterocycles. The average molecular weight is 299 g/mol. The SMILES string of the molecule is FC(F)(F)c1ccnc(C#Cc2ccc3ccccc3n2)n1. The number of aromatic nitrogens is 3. The average Bonchev–Trinajstić information content (AvgIpc) is 2.52. The zero-order chi connectivity index (χ0) is 15.6. The molecule has 1 aromatic carbocycles. The molecule has 0 N–H and O–H groups in total. The highest BCUT2D eigenvalue weighted by Crippen LogP contribution is 2.26. The molecule has 0 saturated heterocycles. The molecule has 0 radical (unpaired) electrons. The first-order chi connectivity index (χ1) is 10.5. The van der Waals surface area contributed by atoms with Crippen molar-refractivity contribution in [3.63, 3.8) is 0 Å². The van der Waals surface area contributed by atoms with E-state index >= 15 is 0 Å². The fourth-order valence-corrected chi connectivity index (χ4v) is 1.83. The Balaban J connectivity index is 1.94. The molecule has 0 saturated carbocycles. The summed E-state index contributed by atoms with van der Waals surface area (Å²) in [6.45, 7) is 0. The van der Waals surface area contributed by atoms with Crippen LogP contribution in [-0.4, -0.2) is 15.0 Å². The van der Waals surface area contributed by atoms with E-state index in [1.807, 2.05) is 30.3 Å². The number of alkyl halides is 3. The molecular formula is C16H8F3N3. The summed E-state index contributed by atoms with van der Waals surface area (Å²) in [4.78, 5) is 11.4. The van der Waals surface area contributed by atoms with Crippen molar-refractivity contribution in [2.24, 2.45) is 0 Å². The van der Waals surface area contributed by atoms with Gasteiger partial charge in [-0.15, -0.1) is 0 Å². The third kappa shape index (κ3) is 3.04. The van der Waals surface area contributed by atoms with Crippen molar-refractivity contribution in [2.45, 2.75) is 6.18 Å². The van der Waals surface area contributed by atoms with Crippen LogP contribution in [0.5, 0.6) is 0 Å². The smallest absolute Gasteiger partial charge is 0.239 e. The van der Waals surface area contributed by atoms with Crippen molar-refractivity contribution < 1.29 is 13.2 Å². The second-order valence-corrected chi connectivity index (χ2v) is 4.40. The third-order valence-electron chi connectivity index (χ3n) is 2.85. The van der Waals surface area contributed by atoms with E-state index in [-0.39, 0.29) is 5.82 Å². The van der Waals surface area contributed by atoms with Crippen molar-refractivity contribution in [3.8, 4) is 11.8 Å². The highest BCUT2D eigenvalue weighted by Gasteiger charge is 2.32. The minimum absolute atomic E-state index is 0.190. The van der Waals surface area contributed by atoms with Gasteiger partial charge in [0.05, 0.1) is 5.52 Å². The number of para-hydroxylation sites is 1. The van der Waals surface area contributed by atoms with Crippen LogP contribution in [0.3, 0.4) is 0 Å². The van der Waals surface area contributed by atoms with Crippen LogP contribution in [0.15, 0.2) is 48.7 Å². The molecule has 0 atom stereocenters. The van der Waals surface area contributed by atoms with Crippen molar-refractivity contribution >= 4 is 10.9 Å². The van der Waals surface area contributed by atoms with Crippen LogP contribution in [0.25, 0.3) is 10.9 Å². The largest absolute Gasteiger partial charge is 0.433 e. The van der Waals surface area contributed by atoms with Gasteiger partial charge in [0.1, 0.15) is 11.4 Å². The molecule has 3 rings (SSSR count). The van der Waals surface area contributed by atoms with Gasteiger partial charge >= 0.3 is 6.18 Å². The van der Waals surface area contributed by atoms with E-state index in [9.17, 15) is 13.2 Å². The zero-order valence-electron chi connectivity index (χ0n) is 11.1. The first kappa shape index (κ1) is 14.0. The van der Waals surface area contributed by atoms with Crippen LogP contribution in [0.2, 0.25) is 0 Å². The summed E-state index contributed by atoms with van der Waals surface area (Å²) < 4.78 is 37.7.